The van der Waals surface area contributed by atoms with Crippen molar-refractivity contribution in [3.8, 4) is 0 Å². The monoisotopic (exact) mass is 416 g/mol. The van der Waals surface area contributed by atoms with Gasteiger partial charge in [0.1, 0.15) is 5.69 Å². The molecule has 3 rings (SSSR count). The van der Waals surface area contributed by atoms with E-state index < -0.39 is 4.92 Å². The van der Waals surface area contributed by atoms with Crippen molar-refractivity contribution >= 4 is 34.5 Å². The van der Waals surface area contributed by atoms with Crippen LogP contribution in [0.25, 0.3) is 0 Å². The Labute approximate surface area is 173 Å². The minimum atomic E-state index is -0.430. The number of amides is 2. The molecular formula is C20H24N4O4S. The van der Waals surface area contributed by atoms with Crippen molar-refractivity contribution < 1.29 is 14.5 Å². The Kier molecular flexibility index (Phi) is 7.18. The number of piperidine rings is 1. The van der Waals surface area contributed by atoms with Crippen LogP contribution < -0.4 is 15.5 Å². The van der Waals surface area contributed by atoms with Crippen LogP contribution in [0.15, 0.2) is 35.7 Å². The van der Waals surface area contributed by atoms with Gasteiger partial charge in [-0.2, -0.15) is 0 Å². The van der Waals surface area contributed by atoms with Gasteiger partial charge in [0, 0.05) is 37.8 Å². The van der Waals surface area contributed by atoms with Crippen molar-refractivity contribution in [3.05, 3.63) is 56.3 Å². The summed E-state index contributed by atoms with van der Waals surface area (Å²) < 4.78 is 0. The number of hydrogen-bond acceptors (Lipinski definition) is 6. The fourth-order valence-corrected chi connectivity index (χ4v) is 3.94. The topological polar surface area (TPSA) is 105 Å². The summed E-state index contributed by atoms with van der Waals surface area (Å²) in [4.78, 5) is 37.9. The first-order valence-electron chi connectivity index (χ1n) is 9.69. The molecule has 0 unspecified atom stereocenters. The van der Waals surface area contributed by atoms with E-state index in [1.807, 2.05) is 16.3 Å². The summed E-state index contributed by atoms with van der Waals surface area (Å²) in [5, 5.41) is 18.9. The van der Waals surface area contributed by atoms with Gasteiger partial charge in [-0.15, -0.1) is 11.3 Å². The Bertz CT molecular complexity index is 863. The maximum Gasteiger partial charge on any atom is 0.293 e. The first-order chi connectivity index (χ1) is 14.1. The lowest BCUT2D eigenvalue weighted by Crippen LogP contribution is -2.31. The van der Waals surface area contributed by atoms with Gasteiger partial charge in [0.2, 0.25) is 0 Å². The smallest absolute Gasteiger partial charge is 0.293 e. The number of rotatable bonds is 8. The fourth-order valence-electron chi connectivity index (χ4n) is 3.30. The molecule has 0 saturated carbocycles. The molecule has 2 N–H and O–H groups in total. The third-order valence-electron chi connectivity index (χ3n) is 4.80. The lowest BCUT2D eigenvalue weighted by Gasteiger charge is -2.28. The van der Waals surface area contributed by atoms with E-state index in [0.717, 1.165) is 32.4 Å². The molecule has 1 aliphatic heterocycles. The Morgan fingerprint density at radius 1 is 1.07 bits per heavy atom. The number of nitrogens with one attached hydrogen (secondary N) is 2. The van der Waals surface area contributed by atoms with Gasteiger partial charge in [-0.1, -0.05) is 6.07 Å². The molecule has 1 saturated heterocycles. The molecule has 8 nitrogen and oxygen atoms in total. The highest BCUT2D eigenvalue weighted by molar-refractivity contribution is 7.12. The molecular weight excluding hydrogens is 392 g/mol. The summed E-state index contributed by atoms with van der Waals surface area (Å²) in [5.41, 5.74) is 0.797. The normalized spacial score (nSPS) is 13.7. The van der Waals surface area contributed by atoms with Crippen LogP contribution in [0.4, 0.5) is 11.4 Å². The third kappa shape index (κ3) is 5.54. The number of nitro groups is 1. The number of carbonyl (C=O) groups excluding carboxylic acids is 2. The zero-order valence-electron chi connectivity index (χ0n) is 16.1. The quantitative estimate of drug-likeness (QED) is 0.391. The third-order valence-corrected chi connectivity index (χ3v) is 5.67. The molecule has 2 heterocycles. The van der Waals surface area contributed by atoms with E-state index in [-0.39, 0.29) is 23.1 Å². The van der Waals surface area contributed by atoms with E-state index in [1.54, 1.807) is 18.2 Å². The first kappa shape index (κ1) is 20.8. The van der Waals surface area contributed by atoms with Crippen LogP contribution in [0.2, 0.25) is 0 Å². The first-order valence-corrected chi connectivity index (χ1v) is 10.6. The van der Waals surface area contributed by atoms with Gasteiger partial charge in [-0.25, -0.2) is 0 Å². The summed E-state index contributed by atoms with van der Waals surface area (Å²) in [7, 11) is 0. The van der Waals surface area contributed by atoms with Crippen molar-refractivity contribution in [3.63, 3.8) is 0 Å². The average Bonchev–Trinajstić information content (AvgIpc) is 3.28. The second-order valence-corrected chi connectivity index (χ2v) is 7.80. The predicted molar refractivity (Wildman–Crippen MR) is 113 cm³/mol. The Morgan fingerprint density at radius 3 is 2.45 bits per heavy atom. The van der Waals surface area contributed by atoms with Gasteiger partial charge in [0.25, 0.3) is 17.5 Å². The highest BCUT2D eigenvalue weighted by Crippen LogP contribution is 2.31. The van der Waals surface area contributed by atoms with Crippen molar-refractivity contribution in [2.75, 3.05) is 31.1 Å². The minimum Gasteiger partial charge on any atom is -0.366 e. The van der Waals surface area contributed by atoms with E-state index in [4.69, 9.17) is 0 Å². The van der Waals surface area contributed by atoms with Crippen LogP contribution in [-0.4, -0.2) is 42.9 Å². The van der Waals surface area contributed by atoms with E-state index in [0.29, 0.717) is 30.1 Å². The highest BCUT2D eigenvalue weighted by Gasteiger charge is 2.23. The molecule has 0 spiro atoms. The number of carbonyl (C=O) groups is 2. The van der Waals surface area contributed by atoms with E-state index in [9.17, 15) is 19.7 Å². The Morgan fingerprint density at radius 2 is 1.79 bits per heavy atom. The maximum atomic E-state index is 12.4. The Hall–Kier alpha value is -2.94. The van der Waals surface area contributed by atoms with Gasteiger partial charge >= 0.3 is 0 Å². The molecule has 2 aromatic rings. The Balaban J connectivity index is 1.51. The van der Waals surface area contributed by atoms with Crippen LogP contribution in [-0.2, 0) is 0 Å². The van der Waals surface area contributed by atoms with Crippen LogP contribution in [0.3, 0.4) is 0 Å². The zero-order chi connectivity index (χ0) is 20.6. The molecule has 1 aliphatic rings. The summed E-state index contributed by atoms with van der Waals surface area (Å²) >= 11 is 1.37. The number of hydrogen-bond donors (Lipinski definition) is 2. The SMILES string of the molecule is O=C(NCCCNC(=O)c1cccs1)c1ccc(N2CCCCC2)c([N+](=O)[O-])c1. The number of nitrogens with zero attached hydrogens (tertiary/aromatic N) is 2. The summed E-state index contributed by atoms with van der Waals surface area (Å²) in [6.45, 7) is 2.39. The van der Waals surface area contributed by atoms with Gasteiger partial charge in [-0.05, 0) is 49.3 Å². The van der Waals surface area contributed by atoms with Crippen LogP contribution in [0, 0.1) is 10.1 Å². The summed E-state index contributed by atoms with van der Waals surface area (Å²) in [6.07, 6.45) is 3.74. The second kappa shape index (κ2) is 10.0. The number of benzene rings is 1. The average molecular weight is 417 g/mol. The number of nitro benzene ring substituents is 1. The lowest BCUT2D eigenvalue weighted by atomic mass is 10.1. The molecule has 0 radical (unpaired) electrons. The van der Waals surface area contributed by atoms with Gasteiger partial charge in [0.15, 0.2) is 0 Å². The molecule has 29 heavy (non-hydrogen) atoms. The van der Waals surface area contributed by atoms with Crippen molar-refractivity contribution in [2.45, 2.75) is 25.7 Å². The van der Waals surface area contributed by atoms with Crippen molar-refractivity contribution in [1.29, 1.82) is 0 Å². The summed E-state index contributed by atoms with van der Waals surface area (Å²) in [6, 6.07) is 8.21. The van der Waals surface area contributed by atoms with Gasteiger partial charge < -0.3 is 15.5 Å². The largest absolute Gasteiger partial charge is 0.366 e. The highest BCUT2D eigenvalue weighted by atomic mass is 32.1. The van der Waals surface area contributed by atoms with Crippen LogP contribution in [0.1, 0.15) is 45.7 Å². The molecule has 154 valence electrons. The molecule has 0 aliphatic carbocycles. The van der Waals surface area contributed by atoms with Crippen molar-refractivity contribution in [1.82, 2.24) is 10.6 Å². The fraction of sp³-hybridized carbons (Fsp3) is 0.400. The number of thiophene rings is 1. The summed E-state index contributed by atoms with van der Waals surface area (Å²) in [5.74, 6) is -0.488. The maximum absolute atomic E-state index is 12.4. The number of anilines is 1. The van der Waals surface area contributed by atoms with Crippen LogP contribution >= 0.6 is 11.3 Å². The molecule has 9 heteroatoms. The van der Waals surface area contributed by atoms with E-state index >= 15 is 0 Å². The molecule has 0 bridgehead atoms. The molecule has 2 amide bonds. The minimum absolute atomic E-state index is 0.0391. The van der Waals surface area contributed by atoms with Crippen LogP contribution in [0.5, 0.6) is 0 Å². The van der Waals surface area contributed by atoms with Crippen molar-refractivity contribution in [2.24, 2.45) is 0 Å². The molecule has 1 aromatic carbocycles. The predicted octanol–water partition coefficient (Wildman–Crippen LogP) is 3.20. The lowest BCUT2D eigenvalue weighted by molar-refractivity contribution is -0.384. The van der Waals surface area contributed by atoms with Gasteiger partial charge in [-0.3, -0.25) is 19.7 Å². The van der Waals surface area contributed by atoms with E-state index in [1.165, 1.54) is 17.4 Å². The molecule has 0 atom stereocenters. The molecule has 1 aromatic heterocycles. The zero-order valence-corrected chi connectivity index (χ0v) is 16.9. The molecule has 1 fully saturated rings. The van der Waals surface area contributed by atoms with E-state index in [2.05, 4.69) is 10.6 Å². The van der Waals surface area contributed by atoms with Gasteiger partial charge in [0.05, 0.1) is 9.80 Å². The second-order valence-electron chi connectivity index (χ2n) is 6.85. The standard InChI is InChI=1S/C20H24N4O4S/c25-19(21-9-5-10-22-20(26)18-6-4-13-29-18)15-7-8-16(17(14-15)24(27)28)23-11-2-1-3-12-23/h4,6-8,13-14H,1-3,5,9-12H2,(H,21,25)(H,22,26).